The standard InChI is InChI=1S/C18H17N3OS/c1-11-3-5-12(6-4-11)19-18(22)16-14-7-8-15-13(9-10-23-15)17(14)21(2)20-16/h3-6,9-10H,7-8H2,1-2H3,(H,19,22). The van der Waals surface area contributed by atoms with Gasteiger partial charge in [-0.3, -0.25) is 9.48 Å². The summed E-state index contributed by atoms with van der Waals surface area (Å²) in [7, 11) is 1.91. The first-order valence-electron chi connectivity index (χ1n) is 7.64. The molecule has 5 heteroatoms. The van der Waals surface area contributed by atoms with Crippen LogP contribution in [0.3, 0.4) is 0 Å². The van der Waals surface area contributed by atoms with E-state index in [0.717, 1.165) is 29.8 Å². The number of carbonyl (C=O) groups excluding carboxylic acids is 1. The Bertz CT molecular complexity index is 890. The van der Waals surface area contributed by atoms with Gasteiger partial charge < -0.3 is 5.32 Å². The van der Waals surface area contributed by atoms with E-state index in [0.29, 0.717) is 5.69 Å². The number of hydrogen-bond donors (Lipinski definition) is 1. The zero-order valence-electron chi connectivity index (χ0n) is 13.1. The molecule has 1 aliphatic carbocycles. The van der Waals surface area contributed by atoms with Gasteiger partial charge >= 0.3 is 0 Å². The maximum absolute atomic E-state index is 12.7. The number of aryl methyl sites for hydroxylation is 3. The molecule has 3 aromatic rings. The van der Waals surface area contributed by atoms with Crippen molar-refractivity contribution >= 4 is 22.9 Å². The Hall–Kier alpha value is -2.40. The first kappa shape index (κ1) is 14.2. The second kappa shape index (κ2) is 5.35. The first-order chi connectivity index (χ1) is 11.1. The highest BCUT2D eigenvalue weighted by molar-refractivity contribution is 7.10. The van der Waals surface area contributed by atoms with E-state index in [-0.39, 0.29) is 5.91 Å². The van der Waals surface area contributed by atoms with Crippen LogP contribution in [0.5, 0.6) is 0 Å². The summed E-state index contributed by atoms with van der Waals surface area (Å²) in [5.74, 6) is -0.135. The van der Waals surface area contributed by atoms with Crippen LogP contribution in [0, 0.1) is 6.92 Å². The molecule has 23 heavy (non-hydrogen) atoms. The Labute approximate surface area is 138 Å². The minimum atomic E-state index is -0.135. The number of nitrogens with zero attached hydrogens (tertiary/aromatic N) is 2. The zero-order valence-corrected chi connectivity index (χ0v) is 13.9. The minimum Gasteiger partial charge on any atom is -0.321 e. The van der Waals surface area contributed by atoms with Crippen molar-refractivity contribution in [3.63, 3.8) is 0 Å². The second-order valence-corrected chi connectivity index (χ2v) is 6.88. The maximum atomic E-state index is 12.7. The molecular formula is C18H17N3OS. The van der Waals surface area contributed by atoms with Gasteiger partial charge in [0.25, 0.3) is 5.91 Å². The van der Waals surface area contributed by atoms with E-state index in [9.17, 15) is 4.79 Å². The van der Waals surface area contributed by atoms with Crippen molar-refractivity contribution in [2.45, 2.75) is 19.8 Å². The van der Waals surface area contributed by atoms with Crippen LogP contribution in [0.1, 0.15) is 26.5 Å². The van der Waals surface area contributed by atoms with Gasteiger partial charge in [0.15, 0.2) is 5.69 Å². The molecule has 0 radical (unpaired) electrons. The quantitative estimate of drug-likeness (QED) is 0.779. The number of nitrogens with one attached hydrogen (secondary N) is 1. The van der Waals surface area contributed by atoms with E-state index in [2.05, 4.69) is 21.9 Å². The predicted molar refractivity (Wildman–Crippen MR) is 93.1 cm³/mol. The average molecular weight is 323 g/mol. The maximum Gasteiger partial charge on any atom is 0.276 e. The van der Waals surface area contributed by atoms with Gasteiger partial charge in [-0.1, -0.05) is 17.7 Å². The van der Waals surface area contributed by atoms with E-state index >= 15 is 0 Å². The second-order valence-electron chi connectivity index (χ2n) is 5.88. The largest absolute Gasteiger partial charge is 0.321 e. The van der Waals surface area contributed by atoms with Crippen LogP contribution in [-0.2, 0) is 19.9 Å². The molecule has 0 unspecified atom stereocenters. The van der Waals surface area contributed by atoms with Crippen molar-refractivity contribution in [1.29, 1.82) is 0 Å². The summed E-state index contributed by atoms with van der Waals surface area (Å²) in [5, 5.41) is 9.56. The number of thiophene rings is 1. The highest BCUT2D eigenvalue weighted by Crippen LogP contribution is 2.37. The van der Waals surface area contributed by atoms with Gasteiger partial charge in [0.05, 0.1) is 5.69 Å². The summed E-state index contributed by atoms with van der Waals surface area (Å²) in [5.41, 5.74) is 5.88. The molecule has 0 aliphatic heterocycles. The van der Waals surface area contributed by atoms with Gasteiger partial charge in [0.1, 0.15) is 0 Å². The molecule has 0 bridgehead atoms. The number of hydrogen-bond acceptors (Lipinski definition) is 3. The van der Waals surface area contributed by atoms with Gasteiger partial charge in [-0.15, -0.1) is 11.3 Å². The lowest BCUT2D eigenvalue weighted by molar-refractivity contribution is 0.102. The van der Waals surface area contributed by atoms with Crippen molar-refractivity contribution in [3.8, 4) is 11.3 Å². The topological polar surface area (TPSA) is 46.9 Å². The lowest BCUT2D eigenvalue weighted by Crippen LogP contribution is -2.15. The molecule has 1 aliphatic rings. The van der Waals surface area contributed by atoms with Crippen molar-refractivity contribution in [2.24, 2.45) is 7.05 Å². The van der Waals surface area contributed by atoms with Gasteiger partial charge in [-0.25, -0.2) is 0 Å². The van der Waals surface area contributed by atoms with Crippen LogP contribution in [0.15, 0.2) is 35.7 Å². The third kappa shape index (κ3) is 2.37. The molecule has 4 rings (SSSR count). The lowest BCUT2D eigenvalue weighted by atomic mass is 9.94. The fourth-order valence-electron chi connectivity index (χ4n) is 3.13. The molecule has 1 N–H and O–H groups in total. The van der Waals surface area contributed by atoms with Crippen molar-refractivity contribution in [3.05, 3.63) is 57.4 Å². The highest BCUT2D eigenvalue weighted by atomic mass is 32.1. The molecule has 4 nitrogen and oxygen atoms in total. The van der Waals surface area contributed by atoms with Gasteiger partial charge in [-0.05, 0) is 43.3 Å². The summed E-state index contributed by atoms with van der Waals surface area (Å²) in [6, 6.07) is 9.93. The zero-order chi connectivity index (χ0) is 16.0. The minimum absolute atomic E-state index is 0.135. The Balaban J connectivity index is 1.70. The molecule has 0 spiro atoms. The van der Waals surface area contributed by atoms with Crippen LogP contribution in [-0.4, -0.2) is 15.7 Å². The van der Waals surface area contributed by atoms with Crippen molar-refractivity contribution in [2.75, 3.05) is 5.32 Å². The van der Waals surface area contributed by atoms with Crippen LogP contribution in [0.2, 0.25) is 0 Å². The molecule has 116 valence electrons. The molecule has 0 saturated carbocycles. The normalized spacial score (nSPS) is 12.6. The number of amides is 1. The molecule has 0 atom stereocenters. The highest BCUT2D eigenvalue weighted by Gasteiger charge is 2.27. The molecule has 1 aromatic carbocycles. The first-order valence-corrected chi connectivity index (χ1v) is 8.52. The summed E-state index contributed by atoms with van der Waals surface area (Å²) >= 11 is 1.78. The fraction of sp³-hybridized carbons (Fsp3) is 0.222. The van der Waals surface area contributed by atoms with E-state index in [4.69, 9.17) is 0 Å². The number of anilines is 1. The number of carbonyl (C=O) groups is 1. The molecule has 0 fully saturated rings. The van der Waals surface area contributed by atoms with E-state index < -0.39 is 0 Å². The fourth-order valence-corrected chi connectivity index (χ4v) is 4.01. The van der Waals surface area contributed by atoms with E-state index in [1.807, 2.05) is 42.9 Å². The summed E-state index contributed by atoms with van der Waals surface area (Å²) < 4.78 is 1.84. The van der Waals surface area contributed by atoms with Crippen molar-refractivity contribution < 1.29 is 4.79 Å². The third-order valence-corrected chi connectivity index (χ3v) is 5.25. The summed E-state index contributed by atoms with van der Waals surface area (Å²) in [4.78, 5) is 14.0. The molecule has 2 heterocycles. The molecule has 2 aromatic heterocycles. The Kier molecular flexibility index (Phi) is 3.31. The number of rotatable bonds is 2. The molecular weight excluding hydrogens is 306 g/mol. The molecule has 1 amide bonds. The third-order valence-electron chi connectivity index (χ3n) is 4.27. The Morgan fingerprint density at radius 1 is 1.22 bits per heavy atom. The number of fused-ring (bicyclic) bond motifs is 3. The molecule has 0 saturated heterocycles. The van der Waals surface area contributed by atoms with Crippen LogP contribution < -0.4 is 5.32 Å². The van der Waals surface area contributed by atoms with Gasteiger partial charge in [0.2, 0.25) is 0 Å². The van der Waals surface area contributed by atoms with E-state index in [1.54, 1.807) is 11.3 Å². The Morgan fingerprint density at radius 3 is 2.78 bits per heavy atom. The van der Waals surface area contributed by atoms with Gasteiger partial charge in [-0.2, -0.15) is 5.10 Å². The summed E-state index contributed by atoms with van der Waals surface area (Å²) in [6.07, 6.45) is 1.85. The van der Waals surface area contributed by atoms with Crippen LogP contribution >= 0.6 is 11.3 Å². The monoisotopic (exact) mass is 323 g/mol. The number of aromatic nitrogens is 2. The van der Waals surface area contributed by atoms with Gasteiger partial charge in [0, 0.05) is 28.7 Å². The average Bonchev–Trinajstić information content (AvgIpc) is 3.13. The SMILES string of the molecule is Cc1ccc(NC(=O)c2nn(C)c3c2CCc2sccc2-3)cc1. The number of benzene rings is 1. The predicted octanol–water partition coefficient (Wildman–Crippen LogP) is 3.81. The van der Waals surface area contributed by atoms with Crippen molar-refractivity contribution in [1.82, 2.24) is 9.78 Å². The van der Waals surface area contributed by atoms with Crippen LogP contribution in [0.4, 0.5) is 5.69 Å². The van der Waals surface area contributed by atoms with E-state index in [1.165, 1.54) is 16.0 Å². The lowest BCUT2D eigenvalue weighted by Gasteiger charge is -2.13. The Morgan fingerprint density at radius 2 is 2.00 bits per heavy atom. The van der Waals surface area contributed by atoms with Crippen LogP contribution in [0.25, 0.3) is 11.3 Å². The smallest absolute Gasteiger partial charge is 0.276 e. The summed E-state index contributed by atoms with van der Waals surface area (Å²) in [6.45, 7) is 2.03.